The van der Waals surface area contributed by atoms with E-state index in [1.807, 2.05) is 0 Å². The third-order valence-electron chi connectivity index (χ3n) is 2.44. The molecule has 0 radical (unpaired) electrons. The topological polar surface area (TPSA) is 22.1 Å². The number of rotatable bonds is 3. The maximum atomic E-state index is 13.4. The molecule has 94 valence electrons. The van der Waals surface area contributed by atoms with Crippen LogP contribution >= 0.6 is 11.6 Å². The zero-order chi connectivity index (χ0) is 13.1. The van der Waals surface area contributed by atoms with E-state index in [4.69, 9.17) is 16.3 Å². The molecule has 2 aromatic rings. The van der Waals surface area contributed by atoms with Crippen LogP contribution < -0.4 is 4.74 Å². The summed E-state index contributed by atoms with van der Waals surface area (Å²) in [7, 11) is 0. The first-order chi connectivity index (χ1) is 8.58. The second-order valence-electron chi connectivity index (χ2n) is 3.73. The maximum Gasteiger partial charge on any atom is 0.142 e. The Hall–Kier alpha value is -1.68. The normalized spacial score (nSPS) is 10.4. The van der Waals surface area contributed by atoms with Crippen LogP contribution in [-0.2, 0) is 6.61 Å². The molecule has 0 bridgehead atoms. The smallest absolute Gasteiger partial charge is 0.142 e. The minimum atomic E-state index is -0.636. The largest absolute Gasteiger partial charge is 0.487 e. The Balaban J connectivity index is 2.19. The number of hydrogen-bond donors (Lipinski definition) is 0. The standard InChI is InChI=1S/C13H10ClF2NO/c1-8-13(5-9(14)6-17-8)18-7-10-11(15)3-2-4-12(10)16/h2-6H,7H2,1H3. The fraction of sp³-hybridized carbons (Fsp3) is 0.154. The molecule has 0 spiro atoms. The van der Waals surface area contributed by atoms with Crippen LogP contribution in [0.3, 0.4) is 0 Å². The molecular formula is C13H10ClF2NO. The van der Waals surface area contributed by atoms with Gasteiger partial charge >= 0.3 is 0 Å². The third-order valence-corrected chi connectivity index (χ3v) is 2.65. The summed E-state index contributed by atoms with van der Waals surface area (Å²) in [6.45, 7) is 1.52. The van der Waals surface area contributed by atoms with E-state index in [1.165, 1.54) is 24.4 Å². The van der Waals surface area contributed by atoms with Crippen LogP contribution in [0.5, 0.6) is 5.75 Å². The van der Waals surface area contributed by atoms with Crippen molar-refractivity contribution in [1.82, 2.24) is 4.98 Å². The molecule has 0 N–H and O–H groups in total. The van der Waals surface area contributed by atoms with Crippen LogP contribution in [-0.4, -0.2) is 4.98 Å². The summed E-state index contributed by atoms with van der Waals surface area (Å²) in [5.41, 5.74) is 0.494. The summed E-state index contributed by atoms with van der Waals surface area (Å²) in [5, 5.41) is 0.407. The number of aromatic nitrogens is 1. The number of halogens is 3. The van der Waals surface area contributed by atoms with Gasteiger partial charge < -0.3 is 4.74 Å². The Labute approximate surface area is 108 Å². The lowest BCUT2D eigenvalue weighted by Crippen LogP contribution is -2.03. The molecule has 0 saturated heterocycles. The molecule has 0 amide bonds. The van der Waals surface area contributed by atoms with Crippen molar-refractivity contribution in [3.8, 4) is 5.75 Å². The van der Waals surface area contributed by atoms with Gasteiger partial charge in [0.15, 0.2) is 0 Å². The SMILES string of the molecule is Cc1ncc(Cl)cc1OCc1c(F)cccc1F. The zero-order valence-corrected chi connectivity index (χ0v) is 10.3. The van der Waals surface area contributed by atoms with Crippen LogP contribution in [0.2, 0.25) is 5.02 Å². The van der Waals surface area contributed by atoms with Crippen LogP contribution in [0.4, 0.5) is 8.78 Å². The van der Waals surface area contributed by atoms with Gasteiger partial charge in [0.2, 0.25) is 0 Å². The fourth-order valence-electron chi connectivity index (χ4n) is 1.46. The Morgan fingerprint density at radius 2 is 1.94 bits per heavy atom. The summed E-state index contributed by atoms with van der Waals surface area (Å²) in [5.74, 6) is -0.865. The maximum absolute atomic E-state index is 13.4. The van der Waals surface area contributed by atoms with Crippen LogP contribution in [0.15, 0.2) is 30.5 Å². The van der Waals surface area contributed by atoms with Gasteiger partial charge in [0.1, 0.15) is 24.0 Å². The van der Waals surface area contributed by atoms with Gasteiger partial charge in [-0.25, -0.2) is 8.78 Å². The van der Waals surface area contributed by atoms with Gasteiger partial charge in [0.05, 0.1) is 16.3 Å². The molecule has 0 unspecified atom stereocenters. The van der Waals surface area contributed by atoms with Crippen molar-refractivity contribution < 1.29 is 13.5 Å². The molecule has 18 heavy (non-hydrogen) atoms. The van der Waals surface area contributed by atoms with Gasteiger partial charge in [-0.2, -0.15) is 0 Å². The Morgan fingerprint density at radius 3 is 2.61 bits per heavy atom. The molecule has 0 fully saturated rings. The van der Waals surface area contributed by atoms with Gasteiger partial charge in [-0.15, -0.1) is 0 Å². The van der Waals surface area contributed by atoms with E-state index in [0.29, 0.717) is 16.5 Å². The molecule has 1 heterocycles. The summed E-state index contributed by atoms with van der Waals surface area (Å²) in [6, 6.07) is 5.23. The molecule has 2 rings (SSSR count). The average molecular weight is 270 g/mol. The first kappa shape index (κ1) is 12.8. The predicted molar refractivity (Wildman–Crippen MR) is 64.7 cm³/mol. The molecule has 1 aromatic carbocycles. The van der Waals surface area contributed by atoms with Crippen molar-refractivity contribution >= 4 is 11.6 Å². The first-order valence-corrected chi connectivity index (χ1v) is 5.63. The molecule has 1 aromatic heterocycles. The molecule has 0 aliphatic heterocycles. The van der Waals surface area contributed by atoms with Crippen molar-refractivity contribution in [2.24, 2.45) is 0 Å². The zero-order valence-electron chi connectivity index (χ0n) is 9.58. The van der Waals surface area contributed by atoms with Crippen molar-refractivity contribution in [3.05, 3.63) is 58.4 Å². The number of ether oxygens (including phenoxy) is 1. The van der Waals surface area contributed by atoms with E-state index in [1.54, 1.807) is 13.0 Å². The van der Waals surface area contributed by atoms with E-state index in [2.05, 4.69) is 4.98 Å². The molecule has 2 nitrogen and oxygen atoms in total. The highest BCUT2D eigenvalue weighted by Crippen LogP contribution is 2.22. The molecule has 0 aliphatic rings. The summed E-state index contributed by atoms with van der Waals surface area (Å²) in [6.07, 6.45) is 1.48. The van der Waals surface area contributed by atoms with Crippen LogP contribution in [0.25, 0.3) is 0 Å². The summed E-state index contributed by atoms with van der Waals surface area (Å²) < 4.78 is 32.1. The monoisotopic (exact) mass is 269 g/mol. The van der Waals surface area contributed by atoms with Gasteiger partial charge in [0, 0.05) is 12.3 Å². The van der Waals surface area contributed by atoms with E-state index in [9.17, 15) is 8.78 Å². The lowest BCUT2D eigenvalue weighted by molar-refractivity contribution is 0.289. The molecule has 0 atom stereocenters. The first-order valence-electron chi connectivity index (χ1n) is 5.26. The van der Waals surface area contributed by atoms with Crippen molar-refractivity contribution in [3.63, 3.8) is 0 Å². The fourth-order valence-corrected chi connectivity index (χ4v) is 1.60. The second kappa shape index (κ2) is 5.31. The van der Waals surface area contributed by atoms with Gasteiger partial charge in [0.25, 0.3) is 0 Å². The number of benzene rings is 1. The van der Waals surface area contributed by atoms with E-state index >= 15 is 0 Å². The summed E-state index contributed by atoms with van der Waals surface area (Å²) in [4.78, 5) is 3.99. The molecule has 0 saturated carbocycles. The lowest BCUT2D eigenvalue weighted by atomic mass is 10.2. The second-order valence-corrected chi connectivity index (χ2v) is 4.16. The van der Waals surface area contributed by atoms with E-state index in [-0.39, 0.29) is 12.2 Å². The van der Waals surface area contributed by atoms with Gasteiger partial charge in [-0.1, -0.05) is 17.7 Å². The highest BCUT2D eigenvalue weighted by atomic mass is 35.5. The number of pyridine rings is 1. The van der Waals surface area contributed by atoms with Crippen LogP contribution in [0.1, 0.15) is 11.3 Å². The van der Waals surface area contributed by atoms with E-state index < -0.39 is 11.6 Å². The van der Waals surface area contributed by atoms with Crippen molar-refractivity contribution in [2.75, 3.05) is 0 Å². The van der Waals surface area contributed by atoms with Crippen LogP contribution in [0, 0.1) is 18.6 Å². The minimum Gasteiger partial charge on any atom is -0.487 e. The van der Waals surface area contributed by atoms with E-state index in [0.717, 1.165) is 0 Å². The Bertz CT molecular complexity index is 555. The number of aryl methyl sites for hydroxylation is 1. The molecule has 0 aliphatic carbocycles. The predicted octanol–water partition coefficient (Wildman–Crippen LogP) is 3.90. The number of hydrogen-bond acceptors (Lipinski definition) is 2. The molecular weight excluding hydrogens is 260 g/mol. The third kappa shape index (κ3) is 2.76. The highest BCUT2D eigenvalue weighted by molar-refractivity contribution is 6.30. The average Bonchev–Trinajstić information content (AvgIpc) is 2.33. The van der Waals surface area contributed by atoms with Gasteiger partial charge in [-0.05, 0) is 19.1 Å². The number of nitrogens with zero attached hydrogens (tertiary/aromatic N) is 1. The minimum absolute atomic E-state index is 0.114. The lowest BCUT2D eigenvalue weighted by Gasteiger charge is -2.10. The molecule has 5 heteroatoms. The quantitative estimate of drug-likeness (QED) is 0.843. The van der Waals surface area contributed by atoms with Crippen molar-refractivity contribution in [2.45, 2.75) is 13.5 Å². The van der Waals surface area contributed by atoms with Crippen molar-refractivity contribution in [1.29, 1.82) is 0 Å². The Kier molecular flexibility index (Phi) is 3.77. The Morgan fingerprint density at radius 1 is 1.28 bits per heavy atom. The summed E-state index contributed by atoms with van der Waals surface area (Å²) >= 11 is 5.77. The highest BCUT2D eigenvalue weighted by Gasteiger charge is 2.10. The van der Waals surface area contributed by atoms with Gasteiger partial charge in [-0.3, -0.25) is 4.98 Å².